The fraction of sp³-hybridized carbons (Fsp3) is 1.00. The number of hydrogen-bond acceptors (Lipinski definition) is 1. The standard InChI is InChI=1S/C12H22BrN/c1-10(2)11-3-6-14(7-11)9-12(8-13)4-5-12/h10-11H,3-9H2,1-2H3. The summed E-state index contributed by atoms with van der Waals surface area (Å²) >= 11 is 3.66. The lowest BCUT2D eigenvalue weighted by Gasteiger charge is -2.22. The van der Waals surface area contributed by atoms with Crippen LogP contribution in [-0.4, -0.2) is 29.9 Å². The van der Waals surface area contributed by atoms with Gasteiger partial charge in [0.25, 0.3) is 0 Å². The molecule has 14 heavy (non-hydrogen) atoms. The highest BCUT2D eigenvalue weighted by molar-refractivity contribution is 9.09. The zero-order chi connectivity index (χ0) is 10.2. The lowest BCUT2D eigenvalue weighted by atomic mass is 9.95. The van der Waals surface area contributed by atoms with Crippen LogP contribution in [0.15, 0.2) is 0 Å². The Labute approximate surface area is 96.4 Å². The van der Waals surface area contributed by atoms with Crippen molar-refractivity contribution in [2.75, 3.05) is 25.0 Å². The number of rotatable bonds is 4. The maximum atomic E-state index is 3.66. The summed E-state index contributed by atoms with van der Waals surface area (Å²) in [6.45, 7) is 8.78. The van der Waals surface area contributed by atoms with Crippen LogP contribution in [0.3, 0.4) is 0 Å². The van der Waals surface area contributed by atoms with E-state index in [1.54, 1.807) is 0 Å². The Morgan fingerprint density at radius 1 is 1.43 bits per heavy atom. The minimum Gasteiger partial charge on any atom is -0.302 e. The number of alkyl halides is 1. The molecule has 0 spiro atoms. The van der Waals surface area contributed by atoms with Crippen molar-refractivity contribution in [1.29, 1.82) is 0 Å². The zero-order valence-corrected chi connectivity index (χ0v) is 11.0. The lowest BCUT2D eigenvalue weighted by molar-refractivity contribution is 0.259. The van der Waals surface area contributed by atoms with Crippen molar-refractivity contribution in [3.05, 3.63) is 0 Å². The Kier molecular flexibility index (Phi) is 3.23. The van der Waals surface area contributed by atoms with E-state index in [1.165, 1.54) is 44.2 Å². The van der Waals surface area contributed by atoms with Crippen molar-refractivity contribution < 1.29 is 0 Å². The van der Waals surface area contributed by atoms with Gasteiger partial charge in [-0.25, -0.2) is 0 Å². The van der Waals surface area contributed by atoms with Gasteiger partial charge in [-0.1, -0.05) is 29.8 Å². The largest absolute Gasteiger partial charge is 0.302 e. The van der Waals surface area contributed by atoms with E-state index in [-0.39, 0.29) is 0 Å². The van der Waals surface area contributed by atoms with Crippen LogP contribution in [-0.2, 0) is 0 Å². The SMILES string of the molecule is CC(C)C1CCN(CC2(CBr)CC2)C1. The molecule has 1 saturated carbocycles. The molecule has 0 bridgehead atoms. The van der Waals surface area contributed by atoms with Crippen LogP contribution in [0.1, 0.15) is 33.1 Å². The minimum absolute atomic E-state index is 0.672. The van der Waals surface area contributed by atoms with Crippen molar-refractivity contribution in [2.24, 2.45) is 17.3 Å². The van der Waals surface area contributed by atoms with Crippen LogP contribution < -0.4 is 0 Å². The van der Waals surface area contributed by atoms with Gasteiger partial charge in [-0.3, -0.25) is 0 Å². The highest BCUT2D eigenvalue weighted by Gasteiger charge is 2.43. The van der Waals surface area contributed by atoms with Crippen LogP contribution in [0, 0.1) is 17.3 Å². The molecule has 0 N–H and O–H groups in total. The molecule has 1 aliphatic heterocycles. The van der Waals surface area contributed by atoms with E-state index in [4.69, 9.17) is 0 Å². The second-order valence-corrected chi connectivity index (χ2v) is 6.22. The quantitative estimate of drug-likeness (QED) is 0.702. The predicted molar refractivity (Wildman–Crippen MR) is 64.8 cm³/mol. The number of halogens is 1. The summed E-state index contributed by atoms with van der Waals surface area (Å²) in [5.74, 6) is 1.83. The monoisotopic (exact) mass is 259 g/mol. The summed E-state index contributed by atoms with van der Waals surface area (Å²) in [4.78, 5) is 2.69. The first kappa shape index (κ1) is 10.9. The van der Waals surface area contributed by atoms with Crippen LogP contribution in [0.2, 0.25) is 0 Å². The van der Waals surface area contributed by atoms with Gasteiger partial charge in [-0.2, -0.15) is 0 Å². The Bertz CT molecular complexity index is 198. The minimum atomic E-state index is 0.672. The van der Waals surface area contributed by atoms with Crippen molar-refractivity contribution >= 4 is 15.9 Å². The van der Waals surface area contributed by atoms with E-state index in [2.05, 4.69) is 34.7 Å². The van der Waals surface area contributed by atoms with E-state index >= 15 is 0 Å². The fourth-order valence-electron chi connectivity index (χ4n) is 2.54. The molecular weight excluding hydrogens is 238 g/mol. The molecule has 0 aromatic carbocycles. The Balaban J connectivity index is 1.79. The second-order valence-electron chi connectivity index (χ2n) is 5.66. The van der Waals surface area contributed by atoms with E-state index in [9.17, 15) is 0 Å². The Morgan fingerprint density at radius 2 is 2.14 bits per heavy atom. The third kappa shape index (κ3) is 2.33. The van der Waals surface area contributed by atoms with Gasteiger partial charge >= 0.3 is 0 Å². The van der Waals surface area contributed by atoms with Crippen molar-refractivity contribution in [2.45, 2.75) is 33.1 Å². The molecule has 0 radical (unpaired) electrons. The molecule has 2 aliphatic rings. The molecule has 0 aromatic rings. The molecule has 82 valence electrons. The molecule has 1 nitrogen and oxygen atoms in total. The van der Waals surface area contributed by atoms with E-state index in [0.717, 1.165) is 11.8 Å². The maximum Gasteiger partial charge on any atom is 0.0100 e. The van der Waals surface area contributed by atoms with E-state index in [1.807, 2.05) is 0 Å². The molecule has 0 aromatic heterocycles. The highest BCUT2D eigenvalue weighted by atomic mass is 79.9. The summed E-state index contributed by atoms with van der Waals surface area (Å²) < 4.78 is 0. The average molecular weight is 260 g/mol. The molecule has 1 atom stereocenters. The first-order chi connectivity index (χ1) is 6.65. The van der Waals surface area contributed by atoms with Crippen molar-refractivity contribution in [3.8, 4) is 0 Å². The van der Waals surface area contributed by atoms with E-state index in [0.29, 0.717) is 5.41 Å². The molecule has 1 unspecified atom stereocenters. The zero-order valence-electron chi connectivity index (χ0n) is 9.43. The number of hydrogen-bond donors (Lipinski definition) is 0. The molecular formula is C12H22BrN. The molecule has 1 heterocycles. The topological polar surface area (TPSA) is 3.24 Å². The number of nitrogens with zero attached hydrogens (tertiary/aromatic N) is 1. The fourth-order valence-corrected chi connectivity index (χ4v) is 3.27. The summed E-state index contributed by atoms with van der Waals surface area (Å²) in [5, 5.41) is 1.21. The van der Waals surface area contributed by atoms with Crippen molar-refractivity contribution in [1.82, 2.24) is 4.90 Å². The molecule has 1 aliphatic carbocycles. The van der Waals surface area contributed by atoms with Gasteiger partial charge in [0, 0.05) is 18.4 Å². The first-order valence-corrected chi connectivity index (χ1v) is 7.06. The smallest absolute Gasteiger partial charge is 0.0100 e. The highest BCUT2D eigenvalue weighted by Crippen LogP contribution is 2.48. The third-order valence-corrected chi connectivity index (χ3v) is 5.24. The number of likely N-dealkylation sites (tertiary alicyclic amines) is 1. The van der Waals surface area contributed by atoms with Gasteiger partial charge in [-0.05, 0) is 43.1 Å². The molecule has 2 fully saturated rings. The van der Waals surface area contributed by atoms with Gasteiger partial charge < -0.3 is 4.90 Å². The van der Waals surface area contributed by atoms with Gasteiger partial charge in [0.05, 0.1) is 0 Å². The summed E-state index contributed by atoms with van der Waals surface area (Å²) in [5.41, 5.74) is 0.672. The summed E-state index contributed by atoms with van der Waals surface area (Å²) in [7, 11) is 0. The lowest BCUT2D eigenvalue weighted by Crippen LogP contribution is -2.29. The van der Waals surface area contributed by atoms with Gasteiger partial charge in [0.2, 0.25) is 0 Å². The van der Waals surface area contributed by atoms with Crippen LogP contribution in [0.4, 0.5) is 0 Å². The van der Waals surface area contributed by atoms with Crippen molar-refractivity contribution in [3.63, 3.8) is 0 Å². The summed E-state index contributed by atoms with van der Waals surface area (Å²) in [6, 6.07) is 0. The normalized spacial score (nSPS) is 31.3. The second kappa shape index (κ2) is 4.13. The van der Waals surface area contributed by atoms with Gasteiger partial charge in [0.15, 0.2) is 0 Å². The molecule has 0 amide bonds. The van der Waals surface area contributed by atoms with Gasteiger partial charge in [0.1, 0.15) is 0 Å². The third-order valence-electron chi connectivity index (χ3n) is 4.05. The molecule has 2 heteroatoms. The summed E-state index contributed by atoms with van der Waals surface area (Å²) in [6.07, 6.45) is 4.32. The van der Waals surface area contributed by atoms with Gasteiger partial charge in [-0.15, -0.1) is 0 Å². The molecule has 2 rings (SSSR count). The predicted octanol–water partition coefficient (Wildman–Crippen LogP) is 3.14. The average Bonchev–Trinajstić information content (AvgIpc) is 2.75. The Hall–Kier alpha value is 0.440. The maximum absolute atomic E-state index is 3.66. The first-order valence-electron chi connectivity index (χ1n) is 5.93. The Morgan fingerprint density at radius 3 is 2.57 bits per heavy atom. The van der Waals surface area contributed by atoms with Crippen LogP contribution in [0.25, 0.3) is 0 Å². The van der Waals surface area contributed by atoms with Crippen LogP contribution in [0.5, 0.6) is 0 Å². The van der Waals surface area contributed by atoms with Crippen LogP contribution >= 0.6 is 15.9 Å². The molecule has 1 saturated heterocycles. The van der Waals surface area contributed by atoms with E-state index < -0.39 is 0 Å².